The Bertz CT molecular complexity index is 279. The first-order valence-electron chi connectivity index (χ1n) is 4.92. The minimum atomic E-state index is -0.551. The lowest BCUT2D eigenvalue weighted by Gasteiger charge is -2.33. The fraction of sp³-hybridized carbons (Fsp3) is 0.778. The Morgan fingerprint density at radius 1 is 1.57 bits per heavy atom. The minimum absolute atomic E-state index is 0.0614. The highest BCUT2D eigenvalue weighted by Gasteiger charge is 2.45. The van der Waals surface area contributed by atoms with Crippen LogP contribution in [0, 0.1) is 0 Å². The molecule has 0 aromatic heterocycles. The van der Waals surface area contributed by atoms with Crippen molar-refractivity contribution in [3.05, 3.63) is 0 Å². The van der Waals surface area contributed by atoms with Gasteiger partial charge in [-0.25, -0.2) is 0 Å². The molecule has 2 N–H and O–H groups in total. The number of carbonyl (C=O) groups is 2. The van der Waals surface area contributed by atoms with E-state index in [1.165, 1.54) is 4.90 Å². The van der Waals surface area contributed by atoms with E-state index in [0.29, 0.717) is 19.4 Å². The second-order valence-electron chi connectivity index (χ2n) is 3.87. The van der Waals surface area contributed by atoms with Crippen molar-refractivity contribution >= 4 is 11.8 Å². The lowest BCUT2D eigenvalue weighted by molar-refractivity contribution is -0.147. The fourth-order valence-corrected chi connectivity index (χ4v) is 2.11. The van der Waals surface area contributed by atoms with Crippen molar-refractivity contribution in [1.82, 2.24) is 10.2 Å². The molecule has 5 heteroatoms. The second kappa shape index (κ2) is 3.24. The van der Waals surface area contributed by atoms with Crippen LogP contribution in [0.5, 0.6) is 0 Å². The maximum atomic E-state index is 11.7. The molecule has 0 radical (unpaired) electrons. The highest BCUT2D eigenvalue weighted by molar-refractivity contribution is 5.97. The number of piperazine rings is 1. The van der Waals surface area contributed by atoms with Crippen LogP contribution in [0.2, 0.25) is 0 Å². The van der Waals surface area contributed by atoms with Crippen molar-refractivity contribution in [1.29, 1.82) is 0 Å². The van der Waals surface area contributed by atoms with Crippen molar-refractivity contribution in [2.24, 2.45) is 0 Å². The van der Waals surface area contributed by atoms with Crippen LogP contribution in [0.15, 0.2) is 0 Å². The SMILES string of the molecule is CC[C@@H]1NC(=O)[C@H]2C[C@@H](O)CN2C1=O. The molecule has 2 heterocycles. The molecule has 0 bridgehead atoms. The molecule has 0 spiro atoms. The highest BCUT2D eigenvalue weighted by Crippen LogP contribution is 2.23. The summed E-state index contributed by atoms with van der Waals surface area (Å²) in [5.41, 5.74) is 0. The van der Waals surface area contributed by atoms with Gasteiger partial charge in [-0.2, -0.15) is 0 Å². The first-order chi connectivity index (χ1) is 6.63. The van der Waals surface area contributed by atoms with Gasteiger partial charge in [0.2, 0.25) is 11.8 Å². The summed E-state index contributed by atoms with van der Waals surface area (Å²) in [6.45, 7) is 2.16. The molecule has 0 saturated carbocycles. The summed E-state index contributed by atoms with van der Waals surface area (Å²) >= 11 is 0. The number of hydrogen-bond donors (Lipinski definition) is 2. The Morgan fingerprint density at radius 2 is 2.29 bits per heavy atom. The zero-order chi connectivity index (χ0) is 10.3. The van der Waals surface area contributed by atoms with Crippen molar-refractivity contribution in [3.63, 3.8) is 0 Å². The van der Waals surface area contributed by atoms with E-state index >= 15 is 0 Å². The number of carbonyl (C=O) groups excluding carboxylic acids is 2. The number of aliphatic hydroxyl groups excluding tert-OH is 1. The molecule has 0 aliphatic carbocycles. The Kier molecular flexibility index (Phi) is 2.19. The number of rotatable bonds is 1. The smallest absolute Gasteiger partial charge is 0.245 e. The molecule has 0 unspecified atom stereocenters. The van der Waals surface area contributed by atoms with Gasteiger partial charge >= 0.3 is 0 Å². The van der Waals surface area contributed by atoms with E-state index in [4.69, 9.17) is 0 Å². The van der Waals surface area contributed by atoms with Gasteiger partial charge in [-0.05, 0) is 6.42 Å². The first-order valence-corrected chi connectivity index (χ1v) is 4.92. The number of nitrogens with zero attached hydrogens (tertiary/aromatic N) is 1. The number of amides is 2. The number of nitrogens with one attached hydrogen (secondary N) is 1. The van der Waals surface area contributed by atoms with E-state index in [9.17, 15) is 14.7 Å². The third-order valence-electron chi connectivity index (χ3n) is 2.89. The van der Waals surface area contributed by atoms with E-state index in [0.717, 1.165) is 0 Å². The topological polar surface area (TPSA) is 69.6 Å². The van der Waals surface area contributed by atoms with Gasteiger partial charge in [-0.15, -0.1) is 0 Å². The summed E-state index contributed by atoms with van der Waals surface area (Å²) < 4.78 is 0. The Hall–Kier alpha value is -1.10. The molecule has 2 amide bonds. The average molecular weight is 198 g/mol. The Morgan fingerprint density at radius 3 is 2.93 bits per heavy atom. The quantitative estimate of drug-likeness (QED) is 0.559. The van der Waals surface area contributed by atoms with Gasteiger partial charge in [0, 0.05) is 13.0 Å². The number of hydrogen-bond acceptors (Lipinski definition) is 3. The van der Waals surface area contributed by atoms with E-state index in [1.54, 1.807) is 0 Å². The average Bonchev–Trinajstić information content (AvgIpc) is 2.54. The zero-order valence-electron chi connectivity index (χ0n) is 8.06. The summed E-state index contributed by atoms with van der Waals surface area (Å²) in [4.78, 5) is 24.7. The predicted octanol–water partition coefficient (Wildman–Crippen LogP) is -1.14. The lowest BCUT2D eigenvalue weighted by Crippen LogP contribution is -2.60. The fourth-order valence-electron chi connectivity index (χ4n) is 2.11. The zero-order valence-corrected chi connectivity index (χ0v) is 8.06. The Labute approximate surface area is 82.1 Å². The van der Waals surface area contributed by atoms with Crippen molar-refractivity contribution < 1.29 is 14.7 Å². The van der Waals surface area contributed by atoms with Crippen LogP contribution in [0.1, 0.15) is 19.8 Å². The van der Waals surface area contributed by atoms with E-state index in [-0.39, 0.29) is 11.8 Å². The molecule has 2 aliphatic rings. The standard InChI is InChI=1S/C9H14N2O3/c1-2-6-9(14)11-4-5(12)3-7(11)8(13)10-6/h5-7,12H,2-4H2,1H3,(H,10,13)/t5-,6+,7-/m1/s1. The van der Waals surface area contributed by atoms with Gasteiger partial charge in [-0.3, -0.25) is 9.59 Å². The summed E-state index contributed by atoms with van der Waals surface area (Å²) in [5, 5.41) is 12.0. The van der Waals surface area contributed by atoms with Gasteiger partial charge in [0.15, 0.2) is 0 Å². The van der Waals surface area contributed by atoms with Crippen LogP contribution in [-0.4, -0.2) is 46.6 Å². The molecule has 2 aliphatic heterocycles. The van der Waals surface area contributed by atoms with E-state index < -0.39 is 18.2 Å². The van der Waals surface area contributed by atoms with Crippen LogP contribution >= 0.6 is 0 Å². The molecular formula is C9H14N2O3. The van der Waals surface area contributed by atoms with Crippen LogP contribution in [0.25, 0.3) is 0 Å². The lowest BCUT2D eigenvalue weighted by atomic mass is 10.1. The molecule has 3 atom stereocenters. The first kappa shape index (κ1) is 9.45. The number of fused-ring (bicyclic) bond motifs is 1. The third kappa shape index (κ3) is 1.28. The molecular weight excluding hydrogens is 184 g/mol. The van der Waals surface area contributed by atoms with E-state index in [1.807, 2.05) is 6.92 Å². The monoisotopic (exact) mass is 198 g/mol. The summed E-state index contributed by atoms with van der Waals surface area (Å²) in [7, 11) is 0. The minimum Gasteiger partial charge on any atom is -0.391 e. The third-order valence-corrected chi connectivity index (χ3v) is 2.89. The molecule has 2 rings (SSSR count). The second-order valence-corrected chi connectivity index (χ2v) is 3.87. The molecule has 2 fully saturated rings. The van der Waals surface area contributed by atoms with Crippen LogP contribution in [-0.2, 0) is 9.59 Å². The summed E-state index contributed by atoms with van der Waals surface area (Å²) in [6, 6.07) is -0.843. The molecule has 14 heavy (non-hydrogen) atoms. The summed E-state index contributed by atoms with van der Waals surface area (Å²) in [6.07, 6.45) is 0.419. The van der Waals surface area contributed by atoms with Gasteiger partial charge < -0.3 is 15.3 Å². The molecule has 0 aromatic rings. The maximum absolute atomic E-state index is 11.7. The largest absolute Gasteiger partial charge is 0.391 e. The maximum Gasteiger partial charge on any atom is 0.245 e. The van der Waals surface area contributed by atoms with Crippen molar-refractivity contribution in [3.8, 4) is 0 Å². The van der Waals surface area contributed by atoms with Crippen LogP contribution in [0.3, 0.4) is 0 Å². The van der Waals surface area contributed by atoms with E-state index in [2.05, 4.69) is 5.32 Å². The van der Waals surface area contributed by atoms with Crippen molar-refractivity contribution in [2.45, 2.75) is 38.0 Å². The summed E-state index contributed by atoms with van der Waals surface area (Å²) in [5.74, 6) is -0.193. The van der Waals surface area contributed by atoms with Gasteiger partial charge in [0.1, 0.15) is 12.1 Å². The van der Waals surface area contributed by atoms with Gasteiger partial charge in [-0.1, -0.05) is 6.92 Å². The normalized spacial score (nSPS) is 37.0. The predicted molar refractivity (Wildman–Crippen MR) is 48.3 cm³/mol. The highest BCUT2D eigenvalue weighted by atomic mass is 16.3. The van der Waals surface area contributed by atoms with Gasteiger partial charge in [0.05, 0.1) is 6.10 Å². The molecule has 0 aromatic carbocycles. The van der Waals surface area contributed by atoms with Crippen molar-refractivity contribution in [2.75, 3.05) is 6.54 Å². The number of aliphatic hydroxyl groups is 1. The molecule has 5 nitrogen and oxygen atoms in total. The van der Waals surface area contributed by atoms with Crippen LogP contribution in [0.4, 0.5) is 0 Å². The Balaban J connectivity index is 2.20. The van der Waals surface area contributed by atoms with Crippen LogP contribution < -0.4 is 5.32 Å². The molecule has 2 saturated heterocycles. The van der Waals surface area contributed by atoms with Gasteiger partial charge in [0.25, 0.3) is 0 Å². The molecule has 78 valence electrons.